The topological polar surface area (TPSA) is 64.6 Å². The van der Waals surface area contributed by atoms with E-state index in [-0.39, 0.29) is 24.2 Å². The largest absolute Gasteiger partial charge is 0.466 e. The molecule has 0 saturated heterocycles. The van der Waals surface area contributed by atoms with Gasteiger partial charge in [-0.1, -0.05) is 12.2 Å². The summed E-state index contributed by atoms with van der Waals surface area (Å²) in [7, 11) is 0. The van der Waals surface area contributed by atoms with Crippen molar-refractivity contribution in [2.45, 2.75) is 71.7 Å². The molecular formula is C28H31F6NO4. The van der Waals surface area contributed by atoms with Gasteiger partial charge in [-0.05, 0) is 76.8 Å². The SMILES string of the molecule is CC=CCCc1cc(F)cc(F)c1-c1cc([C@H](CC(=O)OCC)NC(=O)OC(C)(C)C)c(F)c(C(F)(F)F)c1. The molecule has 0 saturated carbocycles. The van der Waals surface area contributed by atoms with Crippen molar-refractivity contribution in [1.82, 2.24) is 5.32 Å². The highest BCUT2D eigenvalue weighted by Gasteiger charge is 2.38. The Morgan fingerprint density at radius 2 is 1.72 bits per heavy atom. The molecule has 0 aliphatic carbocycles. The number of amides is 1. The molecule has 0 aliphatic heterocycles. The molecule has 0 aliphatic rings. The van der Waals surface area contributed by atoms with E-state index in [9.17, 15) is 27.2 Å². The highest BCUT2D eigenvalue weighted by molar-refractivity contribution is 5.75. The van der Waals surface area contributed by atoms with E-state index in [1.807, 2.05) is 0 Å². The molecule has 0 unspecified atom stereocenters. The molecule has 39 heavy (non-hydrogen) atoms. The predicted molar refractivity (Wildman–Crippen MR) is 133 cm³/mol. The maximum Gasteiger partial charge on any atom is 0.419 e. The zero-order chi connectivity index (χ0) is 29.5. The number of rotatable bonds is 9. The second-order valence-electron chi connectivity index (χ2n) is 9.66. The Labute approximate surface area is 223 Å². The smallest absolute Gasteiger partial charge is 0.419 e. The molecule has 0 radical (unpaired) electrons. The van der Waals surface area contributed by atoms with Gasteiger partial charge in [0.25, 0.3) is 0 Å². The molecule has 5 nitrogen and oxygen atoms in total. The van der Waals surface area contributed by atoms with E-state index in [1.54, 1.807) is 19.1 Å². The third-order valence-electron chi connectivity index (χ3n) is 5.39. The first-order valence-electron chi connectivity index (χ1n) is 12.2. The summed E-state index contributed by atoms with van der Waals surface area (Å²) in [6, 6.07) is 1.16. The molecule has 0 spiro atoms. The van der Waals surface area contributed by atoms with Crippen molar-refractivity contribution in [3.63, 3.8) is 0 Å². The van der Waals surface area contributed by atoms with E-state index < -0.39 is 70.4 Å². The number of aryl methyl sites for hydroxylation is 1. The van der Waals surface area contributed by atoms with Crippen LogP contribution in [0.25, 0.3) is 11.1 Å². The van der Waals surface area contributed by atoms with Crippen molar-refractivity contribution in [3.05, 3.63) is 70.6 Å². The van der Waals surface area contributed by atoms with Crippen molar-refractivity contribution >= 4 is 12.1 Å². The molecule has 1 atom stereocenters. The lowest BCUT2D eigenvalue weighted by Crippen LogP contribution is -2.36. The summed E-state index contributed by atoms with van der Waals surface area (Å²) in [6.45, 7) is 7.73. The number of benzene rings is 2. The summed E-state index contributed by atoms with van der Waals surface area (Å²) < 4.78 is 96.4. The average molecular weight is 560 g/mol. The van der Waals surface area contributed by atoms with Gasteiger partial charge in [0.15, 0.2) is 0 Å². The number of alkyl halides is 3. The van der Waals surface area contributed by atoms with Crippen molar-refractivity contribution in [2.75, 3.05) is 6.61 Å². The fourth-order valence-electron chi connectivity index (χ4n) is 3.88. The maximum absolute atomic E-state index is 15.4. The number of nitrogens with one attached hydrogen (secondary N) is 1. The average Bonchev–Trinajstić information content (AvgIpc) is 2.77. The Bertz CT molecular complexity index is 1220. The number of carbonyl (C=O) groups is 2. The Balaban J connectivity index is 2.80. The lowest BCUT2D eigenvalue weighted by Gasteiger charge is -2.25. The minimum atomic E-state index is -5.23. The number of hydrogen-bond donors (Lipinski definition) is 1. The Hall–Kier alpha value is -3.50. The first kappa shape index (κ1) is 31.7. The zero-order valence-corrected chi connectivity index (χ0v) is 22.3. The molecule has 2 aromatic carbocycles. The minimum Gasteiger partial charge on any atom is -0.466 e. The lowest BCUT2D eigenvalue weighted by atomic mass is 9.90. The molecule has 0 aromatic heterocycles. The quantitative estimate of drug-likeness (QED) is 0.193. The van der Waals surface area contributed by atoms with Crippen LogP contribution in [0.5, 0.6) is 0 Å². The lowest BCUT2D eigenvalue weighted by molar-refractivity contribution is -0.143. The molecule has 214 valence electrons. The monoisotopic (exact) mass is 559 g/mol. The fourth-order valence-corrected chi connectivity index (χ4v) is 3.88. The van der Waals surface area contributed by atoms with Crippen molar-refractivity contribution in [2.24, 2.45) is 0 Å². The normalized spacial score (nSPS) is 12.9. The van der Waals surface area contributed by atoms with Crippen LogP contribution >= 0.6 is 0 Å². The van der Waals surface area contributed by atoms with Gasteiger partial charge in [0.2, 0.25) is 0 Å². The number of allylic oxidation sites excluding steroid dienone is 2. The van der Waals surface area contributed by atoms with Gasteiger partial charge in [-0.25, -0.2) is 18.0 Å². The van der Waals surface area contributed by atoms with Crippen molar-refractivity contribution in [1.29, 1.82) is 0 Å². The van der Waals surface area contributed by atoms with Gasteiger partial charge in [0.05, 0.1) is 24.6 Å². The zero-order valence-electron chi connectivity index (χ0n) is 22.3. The van der Waals surface area contributed by atoms with E-state index in [0.29, 0.717) is 18.6 Å². The van der Waals surface area contributed by atoms with Gasteiger partial charge < -0.3 is 14.8 Å². The van der Waals surface area contributed by atoms with Crippen LogP contribution < -0.4 is 5.32 Å². The first-order chi connectivity index (χ1) is 18.1. The third kappa shape index (κ3) is 9.04. The van der Waals surface area contributed by atoms with Gasteiger partial charge in [-0.3, -0.25) is 4.79 Å². The molecule has 0 heterocycles. The maximum atomic E-state index is 15.4. The van der Waals surface area contributed by atoms with Crippen molar-refractivity contribution in [3.8, 4) is 11.1 Å². The second-order valence-corrected chi connectivity index (χ2v) is 9.66. The van der Waals surface area contributed by atoms with E-state index in [1.165, 1.54) is 27.7 Å². The molecule has 1 amide bonds. The molecule has 1 N–H and O–H groups in total. The molecule has 0 bridgehead atoms. The fraction of sp³-hybridized carbons (Fsp3) is 0.429. The number of halogens is 6. The number of carbonyl (C=O) groups excluding carboxylic acids is 2. The molecular weight excluding hydrogens is 528 g/mol. The van der Waals surface area contributed by atoms with E-state index >= 15 is 8.78 Å². The van der Waals surface area contributed by atoms with Gasteiger partial charge in [-0.2, -0.15) is 13.2 Å². The van der Waals surface area contributed by atoms with Crippen LogP contribution in [-0.2, 0) is 26.9 Å². The van der Waals surface area contributed by atoms with Crippen LogP contribution in [0.3, 0.4) is 0 Å². The summed E-state index contributed by atoms with van der Waals surface area (Å²) in [4.78, 5) is 24.8. The molecule has 2 aromatic rings. The van der Waals surface area contributed by atoms with Crippen molar-refractivity contribution < 1.29 is 45.4 Å². The third-order valence-corrected chi connectivity index (χ3v) is 5.39. The van der Waals surface area contributed by atoms with Gasteiger partial charge >= 0.3 is 18.2 Å². The highest BCUT2D eigenvalue weighted by Crippen LogP contribution is 2.40. The number of alkyl carbamates (subject to hydrolysis) is 1. The minimum absolute atomic E-state index is 0.0540. The summed E-state index contributed by atoms with van der Waals surface area (Å²) in [5.74, 6) is -4.79. The van der Waals surface area contributed by atoms with Crippen LogP contribution in [-0.4, -0.2) is 24.3 Å². The number of esters is 1. The van der Waals surface area contributed by atoms with Crippen LogP contribution in [0.4, 0.5) is 31.1 Å². The summed E-state index contributed by atoms with van der Waals surface area (Å²) in [5, 5.41) is 2.23. The number of ether oxygens (including phenoxy) is 2. The predicted octanol–water partition coefficient (Wildman–Crippen LogP) is 7.82. The van der Waals surface area contributed by atoms with Gasteiger partial charge in [0.1, 0.15) is 23.1 Å². The molecule has 11 heteroatoms. The van der Waals surface area contributed by atoms with Gasteiger partial charge in [-0.15, -0.1) is 0 Å². The summed E-state index contributed by atoms with van der Waals surface area (Å²) in [5.41, 5.74) is -4.24. The van der Waals surface area contributed by atoms with Crippen LogP contribution in [0.1, 0.15) is 70.2 Å². The van der Waals surface area contributed by atoms with Gasteiger partial charge in [0, 0.05) is 17.2 Å². The number of hydrogen-bond acceptors (Lipinski definition) is 4. The molecule has 2 rings (SSSR count). The van der Waals surface area contributed by atoms with Crippen LogP contribution in [0.15, 0.2) is 36.4 Å². The highest BCUT2D eigenvalue weighted by atomic mass is 19.4. The second kappa shape index (κ2) is 13.0. The standard InChI is InChI=1S/C28H31F6NO4/c1-6-8-9-10-16-11-18(29)14-21(30)24(16)17-12-19(25(31)20(13-17)28(32,33)34)22(15-23(36)38-7-2)35-26(37)39-27(3,4)5/h6,8,11-14,22H,7,9-10,15H2,1-5H3,(H,35,37)/t22-/m0/s1. The Morgan fingerprint density at radius 1 is 1.05 bits per heavy atom. The summed E-state index contributed by atoms with van der Waals surface area (Å²) >= 11 is 0. The molecule has 0 fully saturated rings. The summed E-state index contributed by atoms with van der Waals surface area (Å²) in [6.07, 6.45) is -3.28. The van der Waals surface area contributed by atoms with E-state index in [2.05, 4.69) is 5.32 Å². The first-order valence-corrected chi connectivity index (χ1v) is 12.2. The van der Waals surface area contributed by atoms with Crippen LogP contribution in [0, 0.1) is 17.5 Å². The van der Waals surface area contributed by atoms with E-state index in [0.717, 1.165) is 12.1 Å². The van der Waals surface area contributed by atoms with Crippen LogP contribution in [0.2, 0.25) is 0 Å². The Morgan fingerprint density at radius 3 is 2.28 bits per heavy atom. The Kier molecular flexibility index (Phi) is 10.6. The van der Waals surface area contributed by atoms with E-state index in [4.69, 9.17) is 9.47 Å².